The second-order valence-electron chi connectivity index (χ2n) is 5.46. The Morgan fingerprint density at radius 1 is 1.19 bits per heavy atom. The first-order valence-corrected chi connectivity index (χ1v) is 7.96. The Kier molecular flexibility index (Phi) is 5.78. The predicted molar refractivity (Wildman–Crippen MR) is 87.7 cm³/mol. The third kappa shape index (κ3) is 4.31. The van der Waals surface area contributed by atoms with Crippen molar-refractivity contribution in [2.45, 2.75) is 58.9 Å². The number of aromatic amines is 1. The molecule has 0 aliphatic rings. The van der Waals surface area contributed by atoms with Crippen molar-refractivity contribution < 1.29 is 0 Å². The first kappa shape index (κ1) is 15.5. The largest absolute Gasteiger partial charge is 0.366 e. The quantitative estimate of drug-likeness (QED) is 0.615. The van der Waals surface area contributed by atoms with Crippen molar-refractivity contribution in [3.8, 4) is 0 Å². The van der Waals surface area contributed by atoms with Crippen molar-refractivity contribution in [2.75, 3.05) is 17.2 Å². The Morgan fingerprint density at radius 3 is 2.81 bits per heavy atom. The van der Waals surface area contributed by atoms with Gasteiger partial charge in [-0.05, 0) is 19.8 Å². The fourth-order valence-corrected chi connectivity index (χ4v) is 2.26. The number of H-pyrrole nitrogens is 1. The number of nitrogens with zero attached hydrogens (tertiary/aromatic N) is 3. The van der Waals surface area contributed by atoms with Crippen LogP contribution in [0.25, 0.3) is 11.2 Å². The van der Waals surface area contributed by atoms with E-state index in [1.807, 2.05) is 0 Å². The molecule has 116 valence electrons. The van der Waals surface area contributed by atoms with Gasteiger partial charge in [-0.15, -0.1) is 0 Å². The van der Waals surface area contributed by atoms with Gasteiger partial charge in [0.2, 0.25) is 5.95 Å². The second-order valence-corrected chi connectivity index (χ2v) is 5.46. The molecule has 1 unspecified atom stereocenters. The number of nitrogens with one attached hydrogen (secondary N) is 3. The summed E-state index contributed by atoms with van der Waals surface area (Å²) in [5, 5.41) is 6.71. The zero-order chi connectivity index (χ0) is 15.1. The molecular weight excluding hydrogens is 264 g/mol. The first-order chi connectivity index (χ1) is 10.2. The predicted octanol–water partition coefficient (Wildman–Crippen LogP) is 3.56. The van der Waals surface area contributed by atoms with Gasteiger partial charge in [-0.3, -0.25) is 0 Å². The molecule has 2 heterocycles. The van der Waals surface area contributed by atoms with Gasteiger partial charge in [0.1, 0.15) is 5.52 Å². The molecule has 0 spiro atoms. The highest BCUT2D eigenvalue weighted by atomic mass is 15.2. The van der Waals surface area contributed by atoms with Crippen molar-refractivity contribution in [2.24, 2.45) is 0 Å². The van der Waals surface area contributed by atoms with E-state index in [4.69, 9.17) is 0 Å². The van der Waals surface area contributed by atoms with E-state index in [0.29, 0.717) is 17.6 Å². The summed E-state index contributed by atoms with van der Waals surface area (Å²) in [6.45, 7) is 7.40. The maximum absolute atomic E-state index is 4.57. The van der Waals surface area contributed by atoms with E-state index in [1.54, 1.807) is 6.33 Å². The third-order valence-electron chi connectivity index (χ3n) is 3.44. The Labute approximate surface area is 126 Å². The minimum Gasteiger partial charge on any atom is -0.366 e. The summed E-state index contributed by atoms with van der Waals surface area (Å²) in [5.41, 5.74) is 1.58. The van der Waals surface area contributed by atoms with Crippen molar-refractivity contribution >= 4 is 22.9 Å². The summed E-state index contributed by atoms with van der Waals surface area (Å²) in [6, 6.07) is 0.386. The standard InChI is InChI=1S/C15H26N6/c1-4-6-7-8-11(3)19-14-12-13(18-10-17-12)20-15(21-14)16-9-5-2/h10-11H,4-9H2,1-3H3,(H3,16,17,18,19,20,21). The number of hydrogen-bond acceptors (Lipinski definition) is 5. The molecule has 0 saturated carbocycles. The number of fused-ring (bicyclic) bond motifs is 1. The minimum atomic E-state index is 0.386. The van der Waals surface area contributed by atoms with Gasteiger partial charge in [-0.25, -0.2) is 4.98 Å². The van der Waals surface area contributed by atoms with Crippen LogP contribution in [-0.2, 0) is 0 Å². The molecule has 0 aromatic carbocycles. The van der Waals surface area contributed by atoms with Crippen LogP contribution >= 0.6 is 0 Å². The van der Waals surface area contributed by atoms with Gasteiger partial charge in [-0.1, -0.05) is 33.1 Å². The van der Waals surface area contributed by atoms with Crippen LogP contribution in [0.15, 0.2) is 6.33 Å². The Hall–Kier alpha value is -1.85. The normalized spacial score (nSPS) is 12.5. The molecule has 2 aromatic heterocycles. The molecular formula is C15H26N6. The van der Waals surface area contributed by atoms with Crippen LogP contribution in [0.3, 0.4) is 0 Å². The summed E-state index contributed by atoms with van der Waals surface area (Å²) in [6.07, 6.45) is 7.61. The second kappa shape index (κ2) is 7.81. The van der Waals surface area contributed by atoms with E-state index in [2.05, 4.69) is 51.3 Å². The average Bonchev–Trinajstić information content (AvgIpc) is 2.94. The number of unbranched alkanes of at least 4 members (excludes halogenated alkanes) is 2. The number of hydrogen-bond donors (Lipinski definition) is 3. The SMILES string of the molecule is CCCCCC(C)Nc1nc(NCCC)nc2nc[nH]c12. The van der Waals surface area contributed by atoms with Crippen molar-refractivity contribution in [1.29, 1.82) is 0 Å². The third-order valence-corrected chi connectivity index (χ3v) is 3.44. The van der Waals surface area contributed by atoms with Crippen LogP contribution in [0.1, 0.15) is 52.9 Å². The lowest BCUT2D eigenvalue weighted by molar-refractivity contribution is 0.614. The summed E-state index contributed by atoms with van der Waals surface area (Å²) in [5.74, 6) is 1.47. The summed E-state index contributed by atoms with van der Waals surface area (Å²) in [4.78, 5) is 16.3. The minimum absolute atomic E-state index is 0.386. The van der Waals surface area contributed by atoms with Gasteiger partial charge < -0.3 is 15.6 Å². The molecule has 21 heavy (non-hydrogen) atoms. The number of imidazole rings is 1. The monoisotopic (exact) mass is 290 g/mol. The molecule has 0 saturated heterocycles. The van der Waals surface area contributed by atoms with Crippen molar-refractivity contribution in [3.63, 3.8) is 0 Å². The lowest BCUT2D eigenvalue weighted by atomic mass is 10.1. The van der Waals surface area contributed by atoms with E-state index in [1.165, 1.54) is 19.3 Å². The highest BCUT2D eigenvalue weighted by Gasteiger charge is 2.11. The van der Waals surface area contributed by atoms with E-state index in [0.717, 1.165) is 30.7 Å². The van der Waals surface area contributed by atoms with Gasteiger partial charge in [0.05, 0.1) is 6.33 Å². The summed E-state index contributed by atoms with van der Waals surface area (Å²) in [7, 11) is 0. The smallest absolute Gasteiger partial charge is 0.226 e. The van der Waals surface area contributed by atoms with E-state index >= 15 is 0 Å². The molecule has 6 heteroatoms. The van der Waals surface area contributed by atoms with Crippen molar-refractivity contribution in [1.82, 2.24) is 19.9 Å². The van der Waals surface area contributed by atoms with Gasteiger partial charge in [0.15, 0.2) is 11.5 Å². The van der Waals surface area contributed by atoms with Crippen molar-refractivity contribution in [3.05, 3.63) is 6.33 Å². The molecule has 1 atom stereocenters. The van der Waals surface area contributed by atoms with Crippen LogP contribution < -0.4 is 10.6 Å². The van der Waals surface area contributed by atoms with Crippen LogP contribution in [0.2, 0.25) is 0 Å². The fraction of sp³-hybridized carbons (Fsp3) is 0.667. The van der Waals surface area contributed by atoms with E-state index < -0.39 is 0 Å². The van der Waals surface area contributed by atoms with Crippen LogP contribution in [0.4, 0.5) is 11.8 Å². The van der Waals surface area contributed by atoms with Gasteiger partial charge in [0.25, 0.3) is 0 Å². The molecule has 0 aliphatic carbocycles. The highest BCUT2D eigenvalue weighted by Crippen LogP contribution is 2.20. The van der Waals surface area contributed by atoms with Gasteiger partial charge >= 0.3 is 0 Å². The zero-order valence-electron chi connectivity index (χ0n) is 13.2. The average molecular weight is 290 g/mol. The molecule has 0 bridgehead atoms. The fourth-order valence-electron chi connectivity index (χ4n) is 2.26. The Balaban J connectivity index is 2.10. The molecule has 0 aliphatic heterocycles. The highest BCUT2D eigenvalue weighted by molar-refractivity contribution is 5.83. The summed E-state index contributed by atoms with van der Waals surface area (Å²) >= 11 is 0. The van der Waals surface area contributed by atoms with E-state index in [9.17, 15) is 0 Å². The maximum Gasteiger partial charge on any atom is 0.226 e. The zero-order valence-corrected chi connectivity index (χ0v) is 13.2. The van der Waals surface area contributed by atoms with E-state index in [-0.39, 0.29) is 0 Å². The van der Waals surface area contributed by atoms with Gasteiger partial charge in [-0.2, -0.15) is 9.97 Å². The lowest BCUT2D eigenvalue weighted by Gasteiger charge is -2.15. The Bertz CT molecular complexity index is 550. The van der Waals surface area contributed by atoms with Crippen LogP contribution in [0, 0.1) is 0 Å². The lowest BCUT2D eigenvalue weighted by Crippen LogP contribution is -2.17. The Morgan fingerprint density at radius 2 is 2.05 bits per heavy atom. The summed E-state index contributed by atoms with van der Waals surface area (Å²) < 4.78 is 0. The number of aromatic nitrogens is 4. The molecule has 0 radical (unpaired) electrons. The molecule has 6 nitrogen and oxygen atoms in total. The molecule has 2 rings (SSSR count). The number of rotatable bonds is 9. The molecule has 3 N–H and O–H groups in total. The van der Waals surface area contributed by atoms with Crippen LogP contribution in [0.5, 0.6) is 0 Å². The maximum atomic E-state index is 4.57. The topological polar surface area (TPSA) is 78.5 Å². The van der Waals surface area contributed by atoms with Crippen LogP contribution in [-0.4, -0.2) is 32.5 Å². The number of anilines is 2. The molecule has 0 amide bonds. The van der Waals surface area contributed by atoms with Gasteiger partial charge in [0, 0.05) is 12.6 Å². The molecule has 0 fully saturated rings. The molecule has 2 aromatic rings. The first-order valence-electron chi connectivity index (χ1n) is 7.96.